The third-order valence-corrected chi connectivity index (χ3v) is 2.94. The summed E-state index contributed by atoms with van der Waals surface area (Å²) in [5.41, 5.74) is 1.15. The van der Waals surface area contributed by atoms with Crippen molar-refractivity contribution in [1.29, 1.82) is 0 Å². The Hall–Kier alpha value is -1.16. The zero-order chi connectivity index (χ0) is 12.8. The molecule has 1 atom stereocenters. The van der Waals surface area contributed by atoms with Gasteiger partial charge in [0.15, 0.2) is 0 Å². The summed E-state index contributed by atoms with van der Waals surface area (Å²) in [5, 5.41) is 3.15. The Morgan fingerprint density at radius 1 is 1.35 bits per heavy atom. The molecule has 1 rings (SSSR count). The number of anilines is 1. The van der Waals surface area contributed by atoms with Crippen LogP contribution in [0.15, 0.2) is 12.5 Å². The van der Waals surface area contributed by atoms with Crippen LogP contribution in [0.1, 0.15) is 32.8 Å². The monoisotopic (exact) mass is 236 g/mol. The first-order valence-corrected chi connectivity index (χ1v) is 6.22. The molecule has 0 saturated carbocycles. The Bertz CT molecular complexity index is 338. The van der Waals surface area contributed by atoms with Gasteiger partial charge in [0.25, 0.3) is 0 Å². The summed E-state index contributed by atoms with van der Waals surface area (Å²) >= 11 is 0. The van der Waals surface area contributed by atoms with Crippen molar-refractivity contribution >= 4 is 5.82 Å². The molecule has 96 valence electrons. The second-order valence-electron chi connectivity index (χ2n) is 4.99. The molecule has 0 aliphatic heterocycles. The third kappa shape index (κ3) is 3.97. The summed E-state index contributed by atoms with van der Waals surface area (Å²) in [6, 6.07) is 0.487. The highest BCUT2D eigenvalue weighted by Crippen LogP contribution is 2.20. The fraction of sp³-hybridized carbons (Fsp3) is 0.692. The predicted molar refractivity (Wildman–Crippen MR) is 72.1 cm³/mol. The van der Waals surface area contributed by atoms with Crippen molar-refractivity contribution in [2.75, 3.05) is 19.0 Å². The summed E-state index contributed by atoms with van der Waals surface area (Å²) in [7, 11) is 4.04. The first kappa shape index (κ1) is 13.9. The molecular weight excluding hydrogens is 212 g/mol. The maximum absolute atomic E-state index is 4.40. The fourth-order valence-electron chi connectivity index (χ4n) is 2.03. The first-order valence-electron chi connectivity index (χ1n) is 6.22. The fourth-order valence-corrected chi connectivity index (χ4v) is 2.03. The molecule has 1 aromatic rings. The van der Waals surface area contributed by atoms with E-state index in [-0.39, 0.29) is 0 Å². The van der Waals surface area contributed by atoms with Crippen molar-refractivity contribution in [2.24, 2.45) is 5.92 Å². The van der Waals surface area contributed by atoms with Gasteiger partial charge in [-0.3, -0.25) is 0 Å². The summed E-state index contributed by atoms with van der Waals surface area (Å²) in [6.45, 7) is 7.54. The standard InChI is InChI=1S/C13H24N4/c1-10(2)6-11(3)17(5)13-12(7-14-4)8-15-9-16-13/h8-11,14H,6-7H2,1-5H3. The van der Waals surface area contributed by atoms with E-state index in [1.165, 1.54) is 6.42 Å². The van der Waals surface area contributed by atoms with Gasteiger partial charge in [-0.1, -0.05) is 13.8 Å². The van der Waals surface area contributed by atoms with E-state index in [9.17, 15) is 0 Å². The van der Waals surface area contributed by atoms with E-state index < -0.39 is 0 Å². The minimum atomic E-state index is 0.487. The average molecular weight is 236 g/mol. The van der Waals surface area contributed by atoms with Gasteiger partial charge in [0.1, 0.15) is 12.1 Å². The topological polar surface area (TPSA) is 41.1 Å². The SMILES string of the molecule is CNCc1cncnc1N(C)C(C)CC(C)C. The van der Waals surface area contributed by atoms with Crippen LogP contribution in [0.4, 0.5) is 5.82 Å². The van der Waals surface area contributed by atoms with Crippen molar-refractivity contribution in [2.45, 2.75) is 39.8 Å². The second-order valence-corrected chi connectivity index (χ2v) is 4.99. The lowest BCUT2D eigenvalue weighted by Crippen LogP contribution is -2.32. The number of nitrogens with one attached hydrogen (secondary N) is 1. The van der Waals surface area contributed by atoms with Crippen LogP contribution in [0.25, 0.3) is 0 Å². The molecule has 0 fully saturated rings. The lowest BCUT2D eigenvalue weighted by atomic mass is 10.0. The first-order chi connectivity index (χ1) is 8.06. The maximum atomic E-state index is 4.40. The van der Waals surface area contributed by atoms with Crippen LogP contribution in [0, 0.1) is 5.92 Å². The third-order valence-electron chi connectivity index (χ3n) is 2.94. The highest BCUT2D eigenvalue weighted by molar-refractivity contribution is 5.45. The molecule has 0 aromatic carbocycles. The van der Waals surface area contributed by atoms with Gasteiger partial charge in [0.05, 0.1) is 0 Å². The lowest BCUT2D eigenvalue weighted by molar-refractivity contribution is 0.501. The quantitative estimate of drug-likeness (QED) is 0.821. The van der Waals surface area contributed by atoms with Gasteiger partial charge in [-0.15, -0.1) is 0 Å². The predicted octanol–water partition coefficient (Wildman–Crippen LogP) is 2.07. The molecular formula is C13H24N4. The number of hydrogen-bond donors (Lipinski definition) is 1. The van der Waals surface area contributed by atoms with Crippen LogP contribution in [0.5, 0.6) is 0 Å². The van der Waals surface area contributed by atoms with Gasteiger partial charge in [-0.2, -0.15) is 0 Å². The molecule has 1 aromatic heterocycles. The van der Waals surface area contributed by atoms with Crippen molar-refractivity contribution in [3.8, 4) is 0 Å². The van der Waals surface area contributed by atoms with Crippen molar-refractivity contribution in [3.05, 3.63) is 18.1 Å². The van der Waals surface area contributed by atoms with Crippen molar-refractivity contribution in [3.63, 3.8) is 0 Å². The van der Waals surface area contributed by atoms with Crippen molar-refractivity contribution < 1.29 is 0 Å². The Labute approximate surface area is 104 Å². The summed E-state index contributed by atoms with van der Waals surface area (Å²) < 4.78 is 0. The summed E-state index contributed by atoms with van der Waals surface area (Å²) in [4.78, 5) is 10.7. The minimum absolute atomic E-state index is 0.487. The molecule has 1 unspecified atom stereocenters. The van der Waals surface area contributed by atoms with E-state index >= 15 is 0 Å². The molecule has 0 radical (unpaired) electrons. The van der Waals surface area contributed by atoms with Gasteiger partial charge in [-0.05, 0) is 26.3 Å². The number of hydrogen-bond acceptors (Lipinski definition) is 4. The molecule has 0 aliphatic rings. The van der Waals surface area contributed by atoms with E-state index in [1.807, 2.05) is 13.2 Å². The number of nitrogens with zero attached hydrogens (tertiary/aromatic N) is 3. The molecule has 0 aliphatic carbocycles. The molecule has 4 nitrogen and oxygen atoms in total. The molecule has 0 bridgehead atoms. The smallest absolute Gasteiger partial charge is 0.136 e. The van der Waals surface area contributed by atoms with E-state index in [0.717, 1.165) is 17.9 Å². The Kier molecular flexibility index (Phi) is 5.35. The van der Waals surface area contributed by atoms with E-state index in [2.05, 4.69) is 48.0 Å². The largest absolute Gasteiger partial charge is 0.357 e. The molecule has 1 N–H and O–H groups in total. The van der Waals surface area contributed by atoms with Gasteiger partial charge in [-0.25, -0.2) is 9.97 Å². The number of rotatable bonds is 6. The van der Waals surface area contributed by atoms with Crippen LogP contribution in [0.2, 0.25) is 0 Å². The molecule has 0 saturated heterocycles. The molecule has 4 heteroatoms. The Balaban J connectivity index is 2.83. The van der Waals surface area contributed by atoms with Crippen LogP contribution in [-0.4, -0.2) is 30.1 Å². The normalized spacial score (nSPS) is 12.8. The lowest BCUT2D eigenvalue weighted by Gasteiger charge is -2.28. The van der Waals surface area contributed by atoms with Crippen molar-refractivity contribution in [1.82, 2.24) is 15.3 Å². The Morgan fingerprint density at radius 3 is 2.65 bits per heavy atom. The summed E-state index contributed by atoms with van der Waals surface area (Å²) in [5.74, 6) is 1.73. The van der Waals surface area contributed by atoms with E-state index in [1.54, 1.807) is 6.33 Å². The van der Waals surface area contributed by atoms with Crippen LogP contribution in [0.3, 0.4) is 0 Å². The molecule has 0 spiro atoms. The molecule has 0 amide bonds. The van der Waals surface area contributed by atoms with Crippen LogP contribution in [-0.2, 0) is 6.54 Å². The van der Waals surface area contributed by atoms with Gasteiger partial charge in [0, 0.05) is 31.4 Å². The minimum Gasteiger partial charge on any atom is -0.357 e. The summed E-state index contributed by atoms with van der Waals surface area (Å²) in [6.07, 6.45) is 4.67. The zero-order valence-corrected chi connectivity index (χ0v) is 11.6. The highest BCUT2D eigenvalue weighted by atomic mass is 15.2. The maximum Gasteiger partial charge on any atom is 0.136 e. The van der Waals surface area contributed by atoms with Gasteiger partial charge >= 0.3 is 0 Å². The van der Waals surface area contributed by atoms with E-state index in [0.29, 0.717) is 12.0 Å². The second kappa shape index (κ2) is 6.55. The van der Waals surface area contributed by atoms with Gasteiger partial charge in [0.2, 0.25) is 0 Å². The van der Waals surface area contributed by atoms with Crippen LogP contribution < -0.4 is 10.2 Å². The molecule has 1 heterocycles. The van der Waals surface area contributed by atoms with E-state index in [4.69, 9.17) is 0 Å². The number of aromatic nitrogens is 2. The molecule has 17 heavy (non-hydrogen) atoms. The van der Waals surface area contributed by atoms with Crippen LogP contribution >= 0.6 is 0 Å². The zero-order valence-electron chi connectivity index (χ0n) is 11.6. The highest BCUT2D eigenvalue weighted by Gasteiger charge is 2.15. The van der Waals surface area contributed by atoms with Gasteiger partial charge < -0.3 is 10.2 Å². The average Bonchev–Trinajstić information content (AvgIpc) is 2.28. The Morgan fingerprint density at radius 2 is 2.06 bits per heavy atom.